The Hall–Kier alpha value is -0.300. The first kappa shape index (κ1) is 13.8. The van der Waals surface area contributed by atoms with Crippen LogP contribution in [0, 0.1) is 10.8 Å². The SMILES string of the molecule is CC(C)(C)CC1=CCC(C)(C)NCC1(C)C. The topological polar surface area (TPSA) is 12.0 Å². The smallest absolute Gasteiger partial charge is 0.0160 e. The van der Waals surface area contributed by atoms with E-state index < -0.39 is 0 Å². The number of hydrogen-bond donors (Lipinski definition) is 1. The molecule has 0 saturated carbocycles. The Morgan fingerprint density at radius 2 is 1.75 bits per heavy atom. The van der Waals surface area contributed by atoms with Crippen LogP contribution in [-0.2, 0) is 0 Å². The van der Waals surface area contributed by atoms with Gasteiger partial charge in [-0.05, 0) is 37.5 Å². The van der Waals surface area contributed by atoms with Crippen LogP contribution in [-0.4, -0.2) is 12.1 Å². The van der Waals surface area contributed by atoms with Gasteiger partial charge in [-0.1, -0.05) is 46.3 Å². The quantitative estimate of drug-likeness (QED) is 0.659. The van der Waals surface area contributed by atoms with Gasteiger partial charge in [0.05, 0.1) is 0 Å². The van der Waals surface area contributed by atoms with Gasteiger partial charge in [0.25, 0.3) is 0 Å². The molecule has 1 N–H and O–H groups in total. The maximum atomic E-state index is 3.67. The lowest BCUT2D eigenvalue weighted by atomic mass is 9.75. The molecule has 0 aliphatic carbocycles. The van der Waals surface area contributed by atoms with Gasteiger partial charge < -0.3 is 5.32 Å². The molecule has 0 unspecified atom stereocenters. The van der Waals surface area contributed by atoms with Crippen molar-refractivity contribution in [3.8, 4) is 0 Å². The van der Waals surface area contributed by atoms with Crippen LogP contribution in [0.2, 0.25) is 0 Å². The summed E-state index contributed by atoms with van der Waals surface area (Å²) in [5.41, 5.74) is 2.55. The fourth-order valence-electron chi connectivity index (χ4n) is 2.18. The van der Waals surface area contributed by atoms with Gasteiger partial charge >= 0.3 is 0 Å². The zero-order valence-corrected chi connectivity index (χ0v) is 12.2. The maximum absolute atomic E-state index is 3.67. The molecule has 0 aromatic heterocycles. The molecular formula is C15H29N. The second-order valence-electron chi connectivity index (χ2n) is 7.79. The van der Waals surface area contributed by atoms with Crippen LogP contribution < -0.4 is 5.32 Å². The third-order valence-electron chi connectivity index (χ3n) is 3.46. The van der Waals surface area contributed by atoms with Crippen molar-refractivity contribution < 1.29 is 0 Å². The molecule has 0 atom stereocenters. The van der Waals surface area contributed by atoms with Crippen LogP contribution in [0.3, 0.4) is 0 Å². The van der Waals surface area contributed by atoms with Crippen LogP contribution >= 0.6 is 0 Å². The molecule has 1 heterocycles. The molecule has 0 radical (unpaired) electrons. The average molecular weight is 223 g/mol. The van der Waals surface area contributed by atoms with Crippen molar-refractivity contribution in [1.82, 2.24) is 5.32 Å². The van der Waals surface area contributed by atoms with Gasteiger partial charge in [-0.2, -0.15) is 0 Å². The summed E-state index contributed by atoms with van der Waals surface area (Å²) in [7, 11) is 0. The Labute approximate surface area is 102 Å². The van der Waals surface area contributed by atoms with Crippen LogP contribution in [0.15, 0.2) is 11.6 Å². The van der Waals surface area contributed by atoms with E-state index in [0.717, 1.165) is 13.0 Å². The minimum absolute atomic E-state index is 0.247. The van der Waals surface area contributed by atoms with E-state index in [4.69, 9.17) is 0 Å². The largest absolute Gasteiger partial charge is 0.311 e. The first-order valence-corrected chi connectivity index (χ1v) is 6.46. The molecule has 0 bridgehead atoms. The summed E-state index contributed by atoms with van der Waals surface area (Å²) in [6.07, 6.45) is 4.82. The third-order valence-corrected chi connectivity index (χ3v) is 3.46. The Morgan fingerprint density at radius 3 is 2.25 bits per heavy atom. The number of nitrogens with one attached hydrogen (secondary N) is 1. The lowest BCUT2D eigenvalue weighted by Gasteiger charge is -2.32. The van der Waals surface area contributed by atoms with E-state index in [9.17, 15) is 0 Å². The molecule has 0 spiro atoms. The van der Waals surface area contributed by atoms with E-state index in [1.165, 1.54) is 6.42 Å². The highest BCUT2D eigenvalue weighted by Crippen LogP contribution is 2.38. The molecule has 0 aromatic rings. The Bertz CT molecular complexity index is 276. The van der Waals surface area contributed by atoms with Gasteiger partial charge in [0.1, 0.15) is 0 Å². The van der Waals surface area contributed by atoms with Crippen molar-refractivity contribution >= 4 is 0 Å². The molecule has 1 rings (SSSR count). The predicted molar refractivity (Wildman–Crippen MR) is 72.6 cm³/mol. The van der Waals surface area contributed by atoms with E-state index in [-0.39, 0.29) is 5.54 Å². The lowest BCUT2D eigenvalue weighted by molar-refractivity contribution is 0.308. The van der Waals surface area contributed by atoms with Crippen molar-refractivity contribution in [2.24, 2.45) is 10.8 Å². The molecule has 94 valence electrons. The summed E-state index contributed by atoms with van der Waals surface area (Å²) < 4.78 is 0. The summed E-state index contributed by atoms with van der Waals surface area (Å²) in [4.78, 5) is 0. The van der Waals surface area contributed by atoms with E-state index in [1.54, 1.807) is 5.57 Å². The van der Waals surface area contributed by atoms with Crippen molar-refractivity contribution in [2.45, 2.75) is 66.8 Å². The summed E-state index contributed by atoms with van der Waals surface area (Å²) in [6.45, 7) is 17.4. The fraction of sp³-hybridized carbons (Fsp3) is 0.867. The van der Waals surface area contributed by atoms with Crippen LogP contribution in [0.4, 0.5) is 0 Å². The van der Waals surface area contributed by atoms with Crippen molar-refractivity contribution in [2.75, 3.05) is 6.54 Å². The van der Waals surface area contributed by atoms with Gasteiger partial charge in [0.15, 0.2) is 0 Å². The zero-order chi connectivity index (χ0) is 12.6. The molecule has 1 heteroatoms. The van der Waals surface area contributed by atoms with Crippen molar-refractivity contribution in [3.63, 3.8) is 0 Å². The second-order valence-corrected chi connectivity index (χ2v) is 7.79. The summed E-state index contributed by atoms with van der Waals surface area (Å²) >= 11 is 0. The highest BCUT2D eigenvalue weighted by Gasteiger charge is 2.31. The number of hydrogen-bond acceptors (Lipinski definition) is 1. The normalized spacial score (nSPS) is 24.8. The minimum atomic E-state index is 0.247. The monoisotopic (exact) mass is 223 g/mol. The molecule has 0 aromatic carbocycles. The van der Waals surface area contributed by atoms with Gasteiger partial charge in [-0.25, -0.2) is 0 Å². The van der Waals surface area contributed by atoms with E-state index in [0.29, 0.717) is 10.8 Å². The van der Waals surface area contributed by atoms with E-state index >= 15 is 0 Å². The van der Waals surface area contributed by atoms with E-state index in [1.807, 2.05) is 0 Å². The third kappa shape index (κ3) is 3.93. The van der Waals surface area contributed by atoms with Gasteiger partial charge in [-0.15, -0.1) is 0 Å². The molecule has 1 aliphatic rings. The molecule has 0 amide bonds. The lowest BCUT2D eigenvalue weighted by Crippen LogP contribution is -2.42. The molecule has 1 nitrogen and oxygen atoms in total. The standard InChI is InChI=1S/C15H29N/c1-13(2,3)10-12-8-9-15(6,7)16-11-14(12,4)5/h8,16H,9-11H2,1-7H3. The van der Waals surface area contributed by atoms with Crippen molar-refractivity contribution in [3.05, 3.63) is 11.6 Å². The summed E-state index contributed by atoms with van der Waals surface area (Å²) in [5, 5.41) is 3.67. The second kappa shape index (κ2) is 4.18. The van der Waals surface area contributed by atoms with Gasteiger partial charge in [0, 0.05) is 12.1 Å². The Balaban J connectivity index is 2.90. The van der Waals surface area contributed by atoms with Gasteiger partial charge in [-0.3, -0.25) is 0 Å². The molecule has 0 saturated heterocycles. The van der Waals surface area contributed by atoms with Crippen LogP contribution in [0.1, 0.15) is 61.3 Å². The summed E-state index contributed by atoms with van der Waals surface area (Å²) in [5.74, 6) is 0. The highest BCUT2D eigenvalue weighted by molar-refractivity contribution is 5.18. The molecule has 1 aliphatic heterocycles. The van der Waals surface area contributed by atoms with E-state index in [2.05, 4.69) is 59.9 Å². The molecular weight excluding hydrogens is 194 g/mol. The minimum Gasteiger partial charge on any atom is -0.311 e. The first-order valence-electron chi connectivity index (χ1n) is 6.46. The highest BCUT2D eigenvalue weighted by atomic mass is 15.0. The predicted octanol–water partition coefficient (Wildman–Crippen LogP) is 4.15. The van der Waals surface area contributed by atoms with Crippen molar-refractivity contribution in [1.29, 1.82) is 0 Å². The van der Waals surface area contributed by atoms with Crippen LogP contribution in [0.5, 0.6) is 0 Å². The number of rotatable bonds is 1. The molecule has 0 fully saturated rings. The molecule has 16 heavy (non-hydrogen) atoms. The Morgan fingerprint density at radius 1 is 1.19 bits per heavy atom. The van der Waals surface area contributed by atoms with Crippen LogP contribution in [0.25, 0.3) is 0 Å². The average Bonchev–Trinajstić information content (AvgIpc) is 2.15. The first-order chi connectivity index (χ1) is 7.02. The fourth-order valence-corrected chi connectivity index (χ4v) is 2.18. The van der Waals surface area contributed by atoms with Gasteiger partial charge in [0.2, 0.25) is 0 Å². The zero-order valence-electron chi connectivity index (χ0n) is 12.2. The Kier molecular flexibility index (Phi) is 3.59. The summed E-state index contributed by atoms with van der Waals surface area (Å²) in [6, 6.07) is 0. The maximum Gasteiger partial charge on any atom is 0.0160 e.